The summed E-state index contributed by atoms with van der Waals surface area (Å²) in [5, 5.41) is 17.0. The predicted molar refractivity (Wildman–Crippen MR) is 138 cm³/mol. The van der Waals surface area contributed by atoms with Gasteiger partial charge in [-0.1, -0.05) is 18.2 Å². The van der Waals surface area contributed by atoms with E-state index in [-0.39, 0.29) is 33.9 Å². The second-order valence-electron chi connectivity index (χ2n) is 9.56. The van der Waals surface area contributed by atoms with E-state index >= 15 is 0 Å². The van der Waals surface area contributed by atoms with Crippen molar-refractivity contribution in [3.05, 3.63) is 82.9 Å². The molecular formula is C27H24FN5O3S. The molecule has 0 atom stereocenters. The first-order chi connectivity index (χ1) is 17.9. The molecule has 0 radical (unpaired) electrons. The first-order valence-electron chi connectivity index (χ1n) is 12.0. The first-order valence-corrected chi connectivity index (χ1v) is 13.0. The highest BCUT2D eigenvalue weighted by molar-refractivity contribution is 7.99. The number of likely N-dealkylation sites (tertiary alicyclic amines) is 1. The lowest BCUT2D eigenvalue weighted by atomic mass is 9.74. The Hall–Kier alpha value is -3.92. The van der Waals surface area contributed by atoms with E-state index < -0.39 is 5.97 Å². The van der Waals surface area contributed by atoms with Gasteiger partial charge in [0.05, 0.1) is 6.20 Å². The Balaban J connectivity index is 1.34. The highest BCUT2D eigenvalue weighted by Crippen LogP contribution is 2.49. The first kappa shape index (κ1) is 23.5. The number of rotatable bonds is 4. The molecule has 0 aliphatic carbocycles. The third kappa shape index (κ3) is 3.92. The van der Waals surface area contributed by atoms with Crippen LogP contribution in [-0.2, 0) is 5.41 Å². The summed E-state index contributed by atoms with van der Waals surface area (Å²) in [5.74, 6) is -0.442. The molecule has 2 aromatic carbocycles. The maximum Gasteiger partial charge on any atom is 0.341 e. The number of aromatic carboxylic acids is 1. The molecular weight excluding hydrogens is 493 g/mol. The molecule has 0 saturated carbocycles. The zero-order chi connectivity index (χ0) is 25.7. The van der Waals surface area contributed by atoms with Gasteiger partial charge in [0.15, 0.2) is 5.65 Å². The largest absolute Gasteiger partial charge is 0.477 e. The number of hydrogen-bond donors (Lipinski definition) is 2. The van der Waals surface area contributed by atoms with Crippen LogP contribution in [-0.4, -0.2) is 55.3 Å². The van der Waals surface area contributed by atoms with Gasteiger partial charge in [0.1, 0.15) is 22.8 Å². The average Bonchev–Trinajstić information content (AvgIpc) is 3.49. The summed E-state index contributed by atoms with van der Waals surface area (Å²) in [5.41, 5.74) is 2.97. The number of nitrogens with one attached hydrogen (secondary N) is 1. The third-order valence-electron chi connectivity index (χ3n) is 7.40. The Bertz CT molecular complexity index is 1560. The van der Waals surface area contributed by atoms with Crippen LogP contribution in [0.4, 0.5) is 15.9 Å². The number of fused-ring (bicyclic) bond motifs is 3. The molecule has 10 heteroatoms. The van der Waals surface area contributed by atoms with E-state index in [0.717, 1.165) is 18.6 Å². The Labute approximate surface area is 216 Å². The molecule has 2 aromatic heterocycles. The van der Waals surface area contributed by atoms with Crippen molar-refractivity contribution in [2.75, 3.05) is 24.2 Å². The van der Waals surface area contributed by atoms with Crippen LogP contribution >= 0.6 is 11.8 Å². The summed E-state index contributed by atoms with van der Waals surface area (Å²) in [4.78, 5) is 32.9. The fourth-order valence-electron chi connectivity index (χ4n) is 5.30. The minimum absolute atomic E-state index is 0.0739. The van der Waals surface area contributed by atoms with E-state index in [4.69, 9.17) is 0 Å². The highest BCUT2D eigenvalue weighted by atomic mass is 32.2. The number of piperidine rings is 1. The number of carboxylic acids is 1. The van der Waals surface area contributed by atoms with E-state index in [1.807, 2.05) is 16.7 Å². The maximum atomic E-state index is 13.8. The molecule has 8 nitrogen and oxygen atoms in total. The summed E-state index contributed by atoms with van der Waals surface area (Å²) in [6.45, 7) is 2.94. The van der Waals surface area contributed by atoms with Crippen molar-refractivity contribution in [3.8, 4) is 0 Å². The van der Waals surface area contributed by atoms with Crippen molar-refractivity contribution >= 4 is 40.8 Å². The minimum Gasteiger partial charge on any atom is -0.477 e. The molecule has 2 N–H and O–H groups in total. The number of carbonyl (C=O) groups excluding carboxylic acids is 1. The van der Waals surface area contributed by atoms with Crippen molar-refractivity contribution in [1.82, 2.24) is 19.5 Å². The number of aromatic nitrogens is 3. The maximum absolute atomic E-state index is 13.8. The van der Waals surface area contributed by atoms with Gasteiger partial charge in [0, 0.05) is 41.0 Å². The van der Waals surface area contributed by atoms with E-state index in [0.29, 0.717) is 30.2 Å². The van der Waals surface area contributed by atoms with Crippen LogP contribution in [0.1, 0.15) is 44.7 Å². The smallest absolute Gasteiger partial charge is 0.341 e. The van der Waals surface area contributed by atoms with Gasteiger partial charge < -0.3 is 15.3 Å². The summed E-state index contributed by atoms with van der Waals surface area (Å²) < 4.78 is 15.0. The van der Waals surface area contributed by atoms with Gasteiger partial charge in [-0.05, 0) is 55.2 Å². The minimum atomic E-state index is -1.17. The number of benzene rings is 2. The number of amides is 1. The van der Waals surface area contributed by atoms with E-state index in [9.17, 15) is 19.1 Å². The summed E-state index contributed by atoms with van der Waals surface area (Å²) >= 11 is 1.88. The van der Waals surface area contributed by atoms with Crippen molar-refractivity contribution in [3.63, 3.8) is 0 Å². The van der Waals surface area contributed by atoms with Gasteiger partial charge in [-0.2, -0.15) is 9.61 Å². The van der Waals surface area contributed by atoms with Crippen molar-refractivity contribution in [2.24, 2.45) is 0 Å². The molecule has 1 saturated heterocycles. The number of halogens is 1. The highest BCUT2D eigenvalue weighted by Gasteiger charge is 2.42. The Kier molecular flexibility index (Phi) is 5.63. The van der Waals surface area contributed by atoms with E-state index in [2.05, 4.69) is 39.7 Å². The zero-order valence-electron chi connectivity index (χ0n) is 20.1. The second kappa shape index (κ2) is 8.88. The standard InChI is InChI=1S/C27H24FN5O3S/c1-16-12-17(28)6-7-21(16)31-24-18(13-29-23-19(26(35)36)14-30-33(23)24)25(34)32-10-8-27(9-11-32)15-37-22-5-3-2-4-20(22)27/h2-7,12-14,31H,8-11,15H2,1H3,(H,35,36). The van der Waals surface area contributed by atoms with Gasteiger partial charge >= 0.3 is 5.97 Å². The van der Waals surface area contributed by atoms with Gasteiger partial charge in [-0.25, -0.2) is 14.2 Å². The molecule has 188 valence electrons. The van der Waals surface area contributed by atoms with Gasteiger partial charge in [-0.3, -0.25) is 4.79 Å². The molecule has 1 fully saturated rings. The van der Waals surface area contributed by atoms with Crippen LogP contribution in [0.25, 0.3) is 5.65 Å². The lowest BCUT2D eigenvalue weighted by Crippen LogP contribution is -2.45. The average molecular weight is 518 g/mol. The van der Waals surface area contributed by atoms with Gasteiger partial charge in [0.25, 0.3) is 5.91 Å². The summed E-state index contributed by atoms with van der Waals surface area (Å²) in [7, 11) is 0. The summed E-state index contributed by atoms with van der Waals surface area (Å²) in [6.07, 6.45) is 4.34. The number of anilines is 2. The molecule has 37 heavy (non-hydrogen) atoms. The normalized spacial score (nSPS) is 16.2. The fourth-order valence-corrected chi connectivity index (χ4v) is 6.79. The van der Waals surface area contributed by atoms with Crippen molar-refractivity contribution in [1.29, 1.82) is 0 Å². The van der Waals surface area contributed by atoms with Crippen LogP contribution in [0.5, 0.6) is 0 Å². The number of thioether (sulfide) groups is 1. The predicted octanol–water partition coefficient (Wildman–Crippen LogP) is 4.90. The molecule has 1 spiro atoms. The Morgan fingerprint density at radius 1 is 1.11 bits per heavy atom. The van der Waals surface area contributed by atoms with Gasteiger partial charge in [0.2, 0.25) is 0 Å². The van der Waals surface area contributed by atoms with Crippen LogP contribution in [0.2, 0.25) is 0 Å². The molecule has 2 aliphatic heterocycles. The van der Waals surface area contributed by atoms with E-state index in [1.165, 1.54) is 39.5 Å². The molecule has 1 amide bonds. The van der Waals surface area contributed by atoms with Crippen LogP contribution in [0.15, 0.2) is 59.8 Å². The van der Waals surface area contributed by atoms with Crippen LogP contribution in [0.3, 0.4) is 0 Å². The molecule has 2 aliphatic rings. The quantitative estimate of drug-likeness (QED) is 0.397. The topological polar surface area (TPSA) is 99.8 Å². The monoisotopic (exact) mass is 517 g/mol. The van der Waals surface area contributed by atoms with E-state index in [1.54, 1.807) is 13.0 Å². The number of hydrogen-bond acceptors (Lipinski definition) is 6. The molecule has 4 heterocycles. The number of carbonyl (C=O) groups is 2. The lowest BCUT2D eigenvalue weighted by molar-refractivity contribution is 0.0676. The third-order valence-corrected chi connectivity index (χ3v) is 8.76. The SMILES string of the molecule is Cc1cc(F)ccc1Nc1c(C(=O)N2CCC3(CC2)CSc2ccccc23)cnc2c(C(=O)O)cnn12. The zero-order valence-corrected chi connectivity index (χ0v) is 20.9. The fraction of sp³-hybridized carbons (Fsp3) is 0.259. The number of nitrogens with zero attached hydrogens (tertiary/aromatic N) is 4. The Morgan fingerprint density at radius 3 is 2.65 bits per heavy atom. The van der Waals surface area contributed by atoms with Crippen LogP contribution < -0.4 is 5.32 Å². The summed E-state index contributed by atoms with van der Waals surface area (Å²) in [6, 6.07) is 12.8. The second-order valence-corrected chi connectivity index (χ2v) is 10.6. The molecule has 4 aromatic rings. The van der Waals surface area contributed by atoms with Gasteiger partial charge in [-0.15, -0.1) is 11.8 Å². The van der Waals surface area contributed by atoms with Crippen molar-refractivity contribution in [2.45, 2.75) is 30.1 Å². The lowest BCUT2D eigenvalue weighted by Gasteiger charge is -2.39. The van der Waals surface area contributed by atoms with Crippen molar-refractivity contribution < 1.29 is 19.1 Å². The van der Waals surface area contributed by atoms with Crippen LogP contribution in [0, 0.1) is 12.7 Å². The molecule has 6 rings (SSSR count). The molecule has 0 bridgehead atoms. The molecule has 0 unspecified atom stereocenters. The number of carboxylic acid groups (broad SMARTS) is 1. The number of aryl methyl sites for hydroxylation is 1. The Morgan fingerprint density at radius 2 is 1.89 bits per heavy atom.